The molecule has 0 bridgehead atoms. The lowest BCUT2D eigenvalue weighted by Gasteiger charge is -2.28. The van der Waals surface area contributed by atoms with Gasteiger partial charge in [0.15, 0.2) is 0 Å². The van der Waals surface area contributed by atoms with Crippen LogP contribution in [-0.2, 0) is 0 Å². The molecule has 0 radical (unpaired) electrons. The van der Waals surface area contributed by atoms with Gasteiger partial charge in [-0.3, -0.25) is 0 Å². The van der Waals surface area contributed by atoms with Crippen molar-refractivity contribution in [3.63, 3.8) is 0 Å². The lowest BCUT2D eigenvalue weighted by atomic mass is 10.1. The second-order valence-electron chi connectivity index (χ2n) is 5.37. The van der Waals surface area contributed by atoms with E-state index < -0.39 is 0 Å². The number of benzene rings is 3. The van der Waals surface area contributed by atoms with Gasteiger partial charge >= 0.3 is 0 Å². The molecule has 3 aromatic rings. The van der Waals surface area contributed by atoms with Crippen molar-refractivity contribution >= 4 is 22.1 Å². The van der Waals surface area contributed by atoms with Crippen molar-refractivity contribution in [3.8, 4) is 5.75 Å². The largest absolute Gasteiger partial charge is 0.495 e. The van der Waals surface area contributed by atoms with E-state index in [1.54, 1.807) is 7.11 Å². The van der Waals surface area contributed by atoms with Gasteiger partial charge in [-0.25, -0.2) is 0 Å². The van der Waals surface area contributed by atoms with Gasteiger partial charge in [-0.2, -0.15) is 0 Å². The molecular weight excluding hydrogens is 270 g/mol. The van der Waals surface area contributed by atoms with E-state index in [1.807, 2.05) is 12.1 Å². The Morgan fingerprint density at radius 2 is 1.64 bits per heavy atom. The Labute approximate surface area is 132 Å². The van der Waals surface area contributed by atoms with Crippen LogP contribution in [0.15, 0.2) is 60.7 Å². The lowest BCUT2D eigenvalue weighted by Crippen LogP contribution is -2.18. The van der Waals surface area contributed by atoms with E-state index in [0.29, 0.717) is 0 Å². The van der Waals surface area contributed by atoms with Crippen LogP contribution in [0.4, 0.5) is 11.4 Å². The maximum atomic E-state index is 5.60. The Bertz CT molecular complexity index is 789. The normalized spacial score (nSPS) is 10.7. The summed E-state index contributed by atoms with van der Waals surface area (Å²) in [5.41, 5.74) is 3.58. The van der Waals surface area contributed by atoms with Crippen LogP contribution in [0.5, 0.6) is 5.75 Å². The third-order valence-corrected chi connectivity index (χ3v) is 4.06. The van der Waals surface area contributed by atoms with Gasteiger partial charge in [-0.1, -0.05) is 48.5 Å². The molecule has 0 saturated heterocycles. The number of hydrogen-bond donors (Lipinski definition) is 0. The number of nitrogens with zero attached hydrogens (tertiary/aromatic N) is 1. The van der Waals surface area contributed by atoms with E-state index in [1.165, 1.54) is 22.0 Å². The molecule has 0 N–H and O–H groups in total. The summed E-state index contributed by atoms with van der Waals surface area (Å²) in [6.45, 7) is 5.19. The molecule has 0 aromatic heterocycles. The van der Waals surface area contributed by atoms with Crippen molar-refractivity contribution in [3.05, 3.63) is 66.2 Å². The maximum Gasteiger partial charge on any atom is 0.142 e. The molecule has 0 saturated carbocycles. The summed E-state index contributed by atoms with van der Waals surface area (Å²) in [7, 11) is 1.73. The molecule has 0 fully saturated rings. The van der Waals surface area contributed by atoms with Crippen molar-refractivity contribution in [2.45, 2.75) is 13.8 Å². The molecule has 3 rings (SSSR count). The van der Waals surface area contributed by atoms with Crippen LogP contribution < -0.4 is 9.64 Å². The summed E-state index contributed by atoms with van der Waals surface area (Å²) in [6, 6.07) is 21.1. The molecule has 0 amide bonds. The molecule has 0 unspecified atom stereocenters. The lowest BCUT2D eigenvalue weighted by molar-refractivity contribution is 0.415. The van der Waals surface area contributed by atoms with Crippen LogP contribution >= 0.6 is 0 Å². The smallest absolute Gasteiger partial charge is 0.142 e. The van der Waals surface area contributed by atoms with Crippen molar-refractivity contribution in [1.29, 1.82) is 0 Å². The number of fused-ring (bicyclic) bond motifs is 1. The van der Waals surface area contributed by atoms with Crippen LogP contribution in [0, 0.1) is 6.92 Å². The van der Waals surface area contributed by atoms with Gasteiger partial charge in [0.1, 0.15) is 5.75 Å². The topological polar surface area (TPSA) is 12.5 Å². The van der Waals surface area contributed by atoms with Crippen molar-refractivity contribution in [2.24, 2.45) is 0 Å². The first-order valence-corrected chi connectivity index (χ1v) is 7.65. The zero-order chi connectivity index (χ0) is 15.5. The fourth-order valence-electron chi connectivity index (χ4n) is 3.04. The highest BCUT2D eigenvalue weighted by molar-refractivity contribution is 5.96. The highest BCUT2D eigenvalue weighted by Gasteiger charge is 2.16. The van der Waals surface area contributed by atoms with Crippen LogP contribution in [0.25, 0.3) is 10.8 Å². The monoisotopic (exact) mass is 291 g/mol. The van der Waals surface area contributed by atoms with Gasteiger partial charge in [0, 0.05) is 17.6 Å². The molecule has 3 aromatic carbocycles. The Balaban J connectivity index is 2.24. The van der Waals surface area contributed by atoms with Crippen LogP contribution in [-0.4, -0.2) is 13.7 Å². The number of methoxy groups -OCH3 is 1. The minimum Gasteiger partial charge on any atom is -0.495 e. The van der Waals surface area contributed by atoms with E-state index in [0.717, 1.165) is 18.0 Å². The Hall–Kier alpha value is -2.48. The number of hydrogen-bond acceptors (Lipinski definition) is 2. The average Bonchev–Trinajstić information content (AvgIpc) is 2.57. The predicted octanol–water partition coefficient (Wildman–Crippen LogP) is 5.31. The fourth-order valence-corrected chi connectivity index (χ4v) is 3.04. The van der Waals surface area contributed by atoms with Gasteiger partial charge in [0.2, 0.25) is 0 Å². The molecule has 2 heteroatoms. The molecule has 22 heavy (non-hydrogen) atoms. The van der Waals surface area contributed by atoms with Crippen LogP contribution in [0.1, 0.15) is 12.5 Å². The minimum atomic E-state index is 0.884. The van der Waals surface area contributed by atoms with E-state index >= 15 is 0 Å². The van der Waals surface area contributed by atoms with E-state index in [2.05, 4.69) is 67.3 Å². The fraction of sp³-hybridized carbons (Fsp3) is 0.200. The van der Waals surface area contributed by atoms with Crippen molar-refractivity contribution in [2.75, 3.05) is 18.6 Å². The predicted molar refractivity (Wildman–Crippen MR) is 94.4 cm³/mol. The molecule has 0 aliphatic carbocycles. The SMILES string of the molecule is CCN(c1c(C)cccc1OC)c1cccc2ccccc12. The highest BCUT2D eigenvalue weighted by Crippen LogP contribution is 2.39. The standard InChI is InChI=1S/C20H21NO/c1-4-21(20-15(2)9-7-14-19(20)22-3)18-13-8-11-16-10-5-6-12-17(16)18/h5-14H,4H2,1-3H3. The zero-order valence-corrected chi connectivity index (χ0v) is 13.3. The van der Waals surface area contributed by atoms with Crippen LogP contribution in [0.2, 0.25) is 0 Å². The highest BCUT2D eigenvalue weighted by atomic mass is 16.5. The summed E-state index contributed by atoms with van der Waals surface area (Å²) in [6.07, 6.45) is 0. The second-order valence-corrected chi connectivity index (χ2v) is 5.37. The number of rotatable bonds is 4. The number of aryl methyl sites for hydroxylation is 1. The zero-order valence-electron chi connectivity index (χ0n) is 13.3. The third kappa shape index (κ3) is 2.41. The average molecular weight is 291 g/mol. The molecule has 0 aliphatic heterocycles. The summed E-state index contributed by atoms with van der Waals surface area (Å²) in [5.74, 6) is 0.912. The van der Waals surface area contributed by atoms with Crippen LogP contribution in [0.3, 0.4) is 0 Å². The Kier molecular flexibility index (Phi) is 4.01. The summed E-state index contributed by atoms with van der Waals surface area (Å²) in [4.78, 5) is 2.33. The second kappa shape index (κ2) is 6.10. The van der Waals surface area contributed by atoms with Crippen molar-refractivity contribution < 1.29 is 4.74 Å². The summed E-state index contributed by atoms with van der Waals surface area (Å²) >= 11 is 0. The molecular formula is C20H21NO. The number of anilines is 2. The van der Waals surface area contributed by atoms with Gasteiger partial charge in [-0.05, 0) is 36.9 Å². The molecule has 112 valence electrons. The first-order chi connectivity index (χ1) is 10.8. The molecule has 0 heterocycles. The van der Waals surface area contributed by atoms with E-state index in [9.17, 15) is 0 Å². The van der Waals surface area contributed by atoms with Gasteiger partial charge in [0.05, 0.1) is 12.8 Å². The van der Waals surface area contributed by atoms with Gasteiger partial charge < -0.3 is 9.64 Å². The summed E-state index contributed by atoms with van der Waals surface area (Å²) < 4.78 is 5.60. The molecule has 0 spiro atoms. The first kappa shape index (κ1) is 14.5. The summed E-state index contributed by atoms with van der Waals surface area (Å²) in [5, 5.41) is 2.52. The molecule has 2 nitrogen and oxygen atoms in total. The van der Waals surface area contributed by atoms with Crippen molar-refractivity contribution in [1.82, 2.24) is 0 Å². The minimum absolute atomic E-state index is 0.884. The quantitative estimate of drug-likeness (QED) is 0.645. The van der Waals surface area contributed by atoms with Gasteiger partial charge in [-0.15, -0.1) is 0 Å². The molecule has 0 aliphatic rings. The first-order valence-electron chi connectivity index (χ1n) is 7.65. The maximum absolute atomic E-state index is 5.60. The van der Waals surface area contributed by atoms with E-state index in [4.69, 9.17) is 4.74 Å². The Morgan fingerprint density at radius 1 is 0.909 bits per heavy atom. The molecule has 0 atom stereocenters. The third-order valence-electron chi connectivity index (χ3n) is 4.06. The number of ether oxygens (including phenoxy) is 1. The number of para-hydroxylation sites is 1. The Morgan fingerprint density at radius 3 is 2.41 bits per heavy atom. The van der Waals surface area contributed by atoms with E-state index in [-0.39, 0.29) is 0 Å². The van der Waals surface area contributed by atoms with Gasteiger partial charge in [0.25, 0.3) is 0 Å².